The molecule has 1 atom stereocenters. The summed E-state index contributed by atoms with van der Waals surface area (Å²) in [7, 11) is 0. The number of urea groups is 1. The van der Waals surface area contributed by atoms with Crippen molar-refractivity contribution in [3.05, 3.63) is 45.8 Å². The van der Waals surface area contributed by atoms with Gasteiger partial charge in [-0.15, -0.1) is 11.3 Å². The zero-order valence-electron chi connectivity index (χ0n) is 16.6. The summed E-state index contributed by atoms with van der Waals surface area (Å²) in [5, 5.41) is 11.0. The van der Waals surface area contributed by atoms with Crippen molar-refractivity contribution in [2.75, 3.05) is 10.6 Å². The summed E-state index contributed by atoms with van der Waals surface area (Å²) in [5.41, 5.74) is 0.507. The summed E-state index contributed by atoms with van der Waals surface area (Å²) in [6, 6.07) is 6.83. The molecule has 4 N–H and O–H groups in total. The smallest absolute Gasteiger partial charge is 0.324 e. The lowest BCUT2D eigenvalue weighted by Crippen LogP contribution is -2.40. The van der Waals surface area contributed by atoms with Gasteiger partial charge in [-0.05, 0) is 35.7 Å². The summed E-state index contributed by atoms with van der Waals surface area (Å²) in [6.45, 7) is 5.96. The molecule has 0 aliphatic carbocycles. The number of amides is 5. The number of thiophene rings is 1. The van der Waals surface area contributed by atoms with Gasteiger partial charge in [-0.3, -0.25) is 25.0 Å². The van der Waals surface area contributed by atoms with Gasteiger partial charge in [0.2, 0.25) is 11.8 Å². The summed E-state index contributed by atoms with van der Waals surface area (Å²) < 4.78 is 0. The number of hydrogen-bond donors (Lipinski definition) is 4. The van der Waals surface area contributed by atoms with E-state index in [9.17, 15) is 19.2 Å². The van der Waals surface area contributed by atoms with Crippen molar-refractivity contribution < 1.29 is 19.2 Å². The van der Waals surface area contributed by atoms with E-state index in [2.05, 4.69) is 21.3 Å². The molecule has 1 aromatic carbocycles. The molecule has 8 nitrogen and oxygen atoms in total. The lowest BCUT2D eigenvalue weighted by molar-refractivity contribution is -0.125. The van der Waals surface area contributed by atoms with E-state index in [4.69, 9.17) is 11.6 Å². The molecule has 1 aliphatic rings. The van der Waals surface area contributed by atoms with Crippen molar-refractivity contribution in [1.29, 1.82) is 0 Å². The van der Waals surface area contributed by atoms with Crippen molar-refractivity contribution in [2.45, 2.75) is 38.6 Å². The van der Waals surface area contributed by atoms with Crippen molar-refractivity contribution in [1.82, 2.24) is 10.6 Å². The number of benzene rings is 1. The van der Waals surface area contributed by atoms with E-state index >= 15 is 0 Å². The van der Waals surface area contributed by atoms with Crippen LogP contribution in [0.4, 0.5) is 15.5 Å². The van der Waals surface area contributed by atoms with Crippen LogP contribution in [-0.4, -0.2) is 29.8 Å². The van der Waals surface area contributed by atoms with E-state index in [1.54, 1.807) is 30.3 Å². The minimum Gasteiger partial charge on any atom is -0.340 e. The third-order valence-electron chi connectivity index (χ3n) is 4.32. The molecule has 1 unspecified atom stereocenters. The quantitative estimate of drug-likeness (QED) is 0.535. The minimum absolute atomic E-state index is 0.110. The number of anilines is 2. The molecule has 1 fully saturated rings. The van der Waals surface area contributed by atoms with Gasteiger partial charge >= 0.3 is 6.03 Å². The third kappa shape index (κ3) is 5.17. The van der Waals surface area contributed by atoms with Crippen LogP contribution < -0.4 is 21.3 Å². The Morgan fingerprint density at radius 1 is 1.13 bits per heavy atom. The van der Waals surface area contributed by atoms with Gasteiger partial charge in [0, 0.05) is 15.6 Å². The van der Waals surface area contributed by atoms with E-state index in [1.165, 1.54) is 11.3 Å². The van der Waals surface area contributed by atoms with Crippen LogP contribution >= 0.6 is 22.9 Å². The summed E-state index contributed by atoms with van der Waals surface area (Å²) in [4.78, 5) is 49.3. The van der Waals surface area contributed by atoms with Crippen LogP contribution in [0.25, 0.3) is 0 Å². The van der Waals surface area contributed by atoms with Gasteiger partial charge in [-0.25, -0.2) is 4.79 Å². The first-order valence-corrected chi connectivity index (χ1v) is 10.3. The first kappa shape index (κ1) is 21.8. The molecule has 1 aromatic heterocycles. The zero-order valence-corrected chi connectivity index (χ0v) is 18.2. The van der Waals surface area contributed by atoms with E-state index < -0.39 is 29.8 Å². The largest absolute Gasteiger partial charge is 0.340 e. The topological polar surface area (TPSA) is 116 Å². The Kier molecular flexibility index (Phi) is 6.14. The van der Waals surface area contributed by atoms with Crippen LogP contribution in [0, 0.1) is 0 Å². The molecule has 158 valence electrons. The Bertz CT molecular complexity index is 1010. The second kappa shape index (κ2) is 8.45. The lowest BCUT2D eigenvalue weighted by atomic mass is 9.94. The van der Waals surface area contributed by atoms with Gasteiger partial charge in [0.15, 0.2) is 0 Å². The van der Waals surface area contributed by atoms with E-state index in [0.29, 0.717) is 15.7 Å². The maximum absolute atomic E-state index is 12.8. The molecule has 2 heterocycles. The molecule has 30 heavy (non-hydrogen) atoms. The average molecular weight is 449 g/mol. The van der Waals surface area contributed by atoms with Gasteiger partial charge < -0.3 is 10.6 Å². The predicted molar refractivity (Wildman–Crippen MR) is 116 cm³/mol. The second-order valence-corrected chi connectivity index (χ2v) is 9.32. The van der Waals surface area contributed by atoms with E-state index in [1.807, 2.05) is 20.8 Å². The lowest BCUT2D eigenvalue weighted by Gasteiger charge is -2.15. The highest BCUT2D eigenvalue weighted by molar-refractivity contribution is 7.16. The zero-order chi connectivity index (χ0) is 22.1. The Labute approximate surface area is 182 Å². The Morgan fingerprint density at radius 3 is 2.37 bits per heavy atom. The highest BCUT2D eigenvalue weighted by atomic mass is 35.5. The maximum Gasteiger partial charge on any atom is 0.324 e. The number of imide groups is 1. The van der Waals surface area contributed by atoms with Gasteiger partial charge in [-0.1, -0.05) is 32.4 Å². The second-order valence-electron chi connectivity index (χ2n) is 7.83. The van der Waals surface area contributed by atoms with Gasteiger partial charge in [-0.2, -0.15) is 0 Å². The van der Waals surface area contributed by atoms with Gasteiger partial charge in [0.25, 0.3) is 5.91 Å². The molecule has 1 aliphatic heterocycles. The van der Waals surface area contributed by atoms with Crippen LogP contribution in [-0.2, 0) is 15.0 Å². The number of nitrogens with one attached hydrogen (secondary N) is 4. The highest BCUT2D eigenvalue weighted by Gasteiger charge is 2.33. The van der Waals surface area contributed by atoms with E-state index in [0.717, 1.165) is 4.88 Å². The first-order valence-electron chi connectivity index (χ1n) is 9.15. The fourth-order valence-electron chi connectivity index (χ4n) is 2.73. The van der Waals surface area contributed by atoms with Gasteiger partial charge in [0.05, 0.1) is 12.0 Å². The minimum atomic E-state index is -0.932. The molecule has 3 rings (SSSR count). The number of rotatable bonds is 4. The third-order valence-corrected chi connectivity index (χ3v) is 6.05. The average Bonchev–Trinajstić information content (AvgIpc) is 3.20. The molecule has 2 aromatic rings. The van der Waals surface area contributed by atoms with E-state index in [-0.39, 0.29) is 17.4 Å². The fraction of sp³-hybridized carbons (Fsp3) is 0.300. The number of carbonyl (C=O) groups is 4. The maximum atomic E-state index is 12.8. The van der Waals surface area contributed by atoms with Crippen molar-refractivity contribution >= 4 is 57.4 Å². The Balaban J connectivity index is 1.80. The molecular formula is C20H21ClN4O4S. The molecule has 0 spiro atoms. The Morgan fingerprint density at radius 2 is 1.80 bits per heavy atom. The fourth-order valence-corrected chi connectivity index (χ4v) is 3.96. The monoisotopic (exact) mass is 448 g/mol. The molecule has 5 amide bonds. The molecule has 1 saturated heterocycles. The number of carbonyl (C=O) groups excluding carboxylic acids is 4. The normalized spacial score (nSPS) is 16.2. The summed E-state index contributed by atoms with van der Waals surface area (Å²) in [6.07, 6.45) is -0.110. The number of hydrogen-bond acceptors (Lipinski definition) is 5. The number of halogens is 1. The van der Waals surface area contributed by atoms with Crippen LogP contribution in [0.5, 0.6) is 0 Å². The SMILES string of the molecule is CC(C)(C)c1cc(C(=O)NC2CC(=O)NC2=O)c(NC(=O)Nc2ccc(Cl)cc2)s1. The molecule has 10 heteroatoms. The van der Waals surface area contributed by atoms with Crippen LogP contribution in [0.3, 0.4) is 0 Å². The first-order chi connectivity index (χ1) is 14.0. The van der Waals surface area contributed by atoms with Crippen LogP contribution in [0.2, 0.25) is 5.02 Å². The van der Waals surface area contributed by atoms with Crippen LogP contribution in [0.1, 0.15) is 42.4 Å². The van der Waals surface area contributed by atoms with Crippen molar-refractivity contribution in [3.63, 3.8) is 0 Å². The molecule has 0 radical (unpaired) electrons. The van der Waals surface area contributed by atoms with Crippen LogP contribution in [0.15, 0.2) is 30.3 Å². The summed E-state index contributed by atoms with van der Waals surface area (Å²) in [5.74, 6) is -1.53. The summed E-state index contributed by atoms with van der Waals surface area (Å²) >= 11 is 7.12. The van der Waals surface area contributed by atoms with Crippen molar-refractivity contribution in [2.24, 2.45) is 0 Å². The molecule has 0 bridgehead atoms. The van der Waals surface area contributed by atoms with Gasteiger partial charge in [0.1, 0.15) is 11.0 Å². The Hall–Kier alpha value is -2.91. The highest BCUT2D eigenvalue weighted by Crippen LogP contribution is 2.36. The van der Waals surface area contributed by atoms with Crippen molar-refractivity contribution in [3.8, 4) is 0 Å². The predicted octanol–water partition coefficient (Wildman–Crippen LogP) is 3.49. The molecule has 0 saturated carbocycles. The molecular weight excluding hydrogens is 428 g/mol. The standard InChI is InChI=1S/C20H21ClN4O4S/c1-20(2,3)14-8-12(16(27)23-13-9-15(26)24-17(13)28)18(30-14)25-19(29)22-11-6-4-10(21)5-7-11/h4-8,13H,9H2,1-3H3,(H,23,27)(H2,22,25,29)(H,24,26,28).